The van der Waals surface area contributed by atoms with Crippen LogP contribution in [0.4, 0.5) is 13.6 Å². The van der Waals surface area contributed by atoms with E-state index in [1.54, 1.807) is 41.9 Å². The Balaban J connectivity index is 1.36. The molecule has 3 aromatic rings. The zero-order valence-electron chi connectivity index (χ0n) is 27.0. The van der Waals surface area contributed by atoms with Gasteiger partial charge in [0.25, 0.3) is 5.91 Å². The Morgan fingerprint density at radius 2 is 1.88 bits per heavy atom. The van der Waals surface area contributed by atoms with Crippen molar-refractivity contribution in [2.24, 2.45) is 25.7 Å². The van der Waals surface area contributed by atoms with Crippen molar-refractivity contribution in [2.75, 3.05) is 6.61 Å². The van der Waals surface area contributed by atoms with Crippen molar-refractivity contribution in [2.45, 2.75) is 76.4 Å². The van der Waals surface area contributed by atoms with Crippen molar-refractivity contribution in [1.82, 2.24) is 20.0 Å². The zero-order chi connectivity index (χ0) is 34.4. The molecule has 3 atom stereocenters. The van der Waals surface area contributed by atoms with E-state index >= 15 is 0 Å². The summed E-state index contributed by atoms with van der Waals surface area (Å²) in [4.78, 5) is 34.0. The number of alkyl carbamates (subject to hydrolysis) is 1. The van der Waals surface area contributed by atoms with Crippen LogP contribution in [0.1, 0.15) is 76.2 Å². The van der Waals surface area contributed by atoms with Crippen molar-refractivity contribution in [3.63, 3.8) is 0 Å². The van der Waals surface area contributed by atoms with Crippen molar-refractivity contribution in [3.8, 4) is 11.1 Å². The Kier molecular flexibility index (Phi) is 8.92. The minimum absolute atomic E-state index is 0.0193. The molecule has 3 N–H and O–H groups in total. The molecule has 0 radical (unpaired) electrons. The summed E-state index contributed by atoms with van der Waals surface area (Å²) in [5.74, 6) is 0.140. The molecule has 3 heterocycles. The number of nitrogens with two attached hydrogens (primary N) is 1. The van der Waals surface area contributed by atoms with Crippen molar-refractivity contribution in [3.05, 3.63) is 76.6 Å². The maximum Gasteiger partial charge on any atom is 0.407 e. The number of carbonyl (C=O) groups is 2. The van der Waals surface area contributed by atoms with E-state index in [1.807, 2.05) is 33.8 Å². The Labute approximate surface area is 284 Å². The second-order valence-electron chi connectivity index (χ2n) is 13.8. The summed E-state index contributed by atoms with van der Waals surface area (Å²) in [6.45, 7) is 5.02. The van der Waals surface area contributed by atoms with Gasteiger partial charge >= 0.3 is 12.6 Å². The van der Waals surface area contributed by atoms with Crippen LogP contribution in [0.2, 0.25) is 5.02 Å². The van der Waals surface area contributed by atoms with Crippen LogP contribution in [0.15, 0.2) is 69.4 Å². The van der Waals surface area contributed by atoms with E-state index in [9.17, 15) is 18.4 Å². The number of aliphatic imine (C=N–C) groups is 1. The van der Waals surface area contributed by atoms with E-state index in [2.05, 4.69) is 20.0 Å². The first-order chi connectivity index (χ1) is 22.7. The SMILES string of the molecule is CC(C)(C)C[C@]1(c2ccc(-c3cnn(C(F)F)c3)cc2)N=C(N)N([C@H](COC(=O)NC2(C)CC2)c2ccc(Cl)c(CS3=NN=C3)c2)C1=O. The molecule has 0 saturated heterocycles. The van der Waals surface area contributed by atoms with Crippen LogP contribution in [-0.2, 0) is 31.5 Å². The lowest BCUT2D eigenvalue weighted by atomic mass is 9.75. The molecule has 11 nitrogen and oxygen atoms in total. The molecule has 2 aliphatic heterocycles. The molecule has 1 aromatic heterocycles. The lowest BCUT2D eigenvalue weighted by Gasteiger charge is -2.35. The quantitative estimate of drug-likeness (QED) is 0.230. The molecule has 3 aliphatic rings. The fraction of sp³-hybridized carbons (Fsp3) is 0.424. The first-order valence-corrected chi connectivity index (χ1v) is 17.3. The van der Waals surface area contributed by atoms with Gasteiger partial charge in [-0.05, 0) is 70.6 Å². The van der Waals surface area contributed by atoms with Gasteiger partial charge in [0.2, 0.25) is 0 Å². The predicted octanol–water partition coefficient (Wildman–Crippen LogP) is 6.67. The highest BCUT2D eigenvalue weighted by atomic mass is 35.5. The van der Waals surface area contributed by atoms with E-state index in [-0.39, 0.29) is 29.4 Å². The number of nitrogens with zero attached hydrogens (tertiary/aromatic N) is 6. The molecule has 2 aromatic carbocycles. The Bertz CT molecular complexity index is 1830. The zero-order valence-corrected chi connectivity index (χ0v) is 28.6. The van der Waals surface area contributed by atoms with Gasteiger partial charge in [-0.3, -0.25) is 9.69 Å². The highest BCUT2D eigenvalue weighted by Crippen LogP contribution is 2.45. The third-order valence-corrected chi connectivity index (χ3v) is 10.2. The fourth-order valence-corrected chi connectivity index (χ4v) is 7.11. The molecule has 254 valence electrons. The lowest BCUT2D eigenvalue weighted by molar-refractivity contribution is -0.135. The fourth-order valence-electron chi connectivity index (χ4n) is 5.93. The molecule has 6 rings (SSSR count). The number of ether oxygens (including phenoxy) is 1. The van der Waals surface area contributed by atoms with Gasteiger partial charge in [-0.25, -0.2) is 14.5 Å². The normalized spacial score (nSPS) is 21.8. The number of alkyl halides is 2. The van der Waals surface area contributed by atoms with Crippen molar-refractivity contribution < 1.29 is 23.1 Å². The first-order valence-electron chi connectivity index (χ1n) is 15.5. The van der Waals surface area contributed by atoms with Gasteiger partial charge < -0.3 is 15.8 Å². The Hall–Kier alpha value is -4.17. The number of halogens is 3. The summed E-state index contributed by atoms with van der Waals surface area (Å²) in [6, 6.07) is 11.6. The first kappa shape index (κ1) is 33.7. The number of hydrogen-bond acceptors (Lipinski definition) is 8. The maximum absolute atomic E-state index is 14.9. The largest absolute Gasteiger partial charge is 0.447 e. The smallest absolute Gasteiger partial charge is 0.407 e. The van der Waals surface area contributed by atoms with Crippen LogP contribution < -0.4 is 11.1 Å². The summed E-state index contributed by atoms with van der Waals surface area (Å²) >= 11 is 6.57. The van der Waals surface area contributed by atoms with Gasteiger partial charge in [0.1, 0.15) is 6.61 Å². The lowest BCUT2D eigenvalue weighted by Crippen LogP contribution is -2.48. The number of guanidine groups is 1. The molecule has 15 heteroatoms. The second-order valence-corrected chi connectivity index (χ2v) is 15.7. The maximum atomic E-state index is 14.9. The Morgan fingerprint density at radius 1 is 1.17 bits per heavy atom. The van der Waals surface area contributed by atoms with Crippen molar-refractivity contribution >= 4 is 45.8 Å². The summed E-state index contributed by atoms with van der Waals surface area (Å²) in [6.07, 6.45) is 4.06. The van der Waals surface area contributed by atoms with E-state index in [0.29, 0.717) is 44.1 Å². The molecule has 1 saturated carbocycles. The highest BCUT2D eigenvalue weighted by Gasteiger charge is 2.53. The number of rotatable bonds is 11. The summed E-state index contributed by atoms with van der Waals surface area (Å²) in [5, 5.41) is 11.0. The molecule has 1 unspecified atom stereocenters. The molecule has 2 amide bonds. The van der Waals surface area contributed by atoms with Crippen LogP contribution in [-0.4, -0.2) is 50.3 Å². The molecular weight excluding hydrogens is 662 g/mol. The van der Waals surface area contributed by atoms with Crippen LogP contribution >= 0.6 is 11.6 Å². The van der Waals surface area contributed by atoms with Gasteiger partial charge in [0.05, 0.1) is 17.8 Å². The molecule has 1 fully saturated rings. The molecular formula is C33H37ClF2N8O3S. The van der Waals surface area contributed by atoms with Crippen LogP contribution in [0.25, 0.3) is 11.1 Å². The molecule has 1 aliphatic carbocycles. The summed E-state index contributed by atoms with van der Waals surface area (Å²) in [7, 11) is -0.394. The van der Waals surface area contributed by atoms with E-state index < -0.39 is 34.9 Å². The molecule has 48 heavy (non-hydrogen) atoms. The van der Waals surface area contributed by atoms with Crippen LogP contribution in [0.5, 0.6) is 0 Å². The topological polar surface area (TPSA) is 140 Å². The van der Waals surface area contributed by atoms with Gasteiger partial charge in [-0.15, -0.1) is 9.57 Å². The Morgan fingerprint density at radius 3 is 2.46 bits per heavy atom. The minimum Gasteiger partial charge on any atom is -0.447 e. The minimum atomic E-state index is -2.76. The third kappa shape index (κ3) is 7.00. The van der Waals surface area contributed by atoms with E-state index in [4.69, 9.17) is 27.1 Å². The predicted molar refractivity (Wildman–Crippen MR) is 181 cm³/mol. The number of hydrogen-bond donors (Lipinski definition) is 2. The number of carbonyl (C=O) groups excluding carboxylic acids is 2. The monoisotopic (exact) mass is 698 g/mol. The summed E-state index contributed by atoms with van der Waals surface area (Å²) in [5.41, 5.74) is 9.53. The van der Waals surface area contributed by atoms with Crippen LogP contribution in [0.3, 0.4) is 0 Å². The average molecular weight is 699 g/mol. The third-order valence-electron chi connectivity index (χ3n) is 8.57. The number of nitrogens with one attached hydrogen (secondary N) is 1. The van der Waals surface area contributed by atoms with Gasteiger partial charge in [0.15, 0.2) is 11.5 Å². The van der Waals surface area contributed by atoms with Crippen LogP contribution in [0, 0.1) is 5.41 Å². The van der Waals surface area contributed by atoms with Gasteiger partial charge in [-0.2, -0.15) is 13.9 Å². The average Bonchev–Trinajstić information content (AvgIpc) is 3.40. The second kappa shape index (κ2) is 12.7. The highest BCUT2D eigenvalue weighted by molar-refractivity contribution is 8.00. The van der Waals surface area contributed by atoms with Crippen molar-refractivity contribution in [1.29, 1.82) is 0 Å². The molecule has 0 bridgehead atoms. The summed E-state index contributed by atoms with van der Waals surface area (Å²) < 4.78 is 36.7. The van der Waals surface area contributed by atoms with E-state index in [0.717, 1.165) is 18.4 Å². The van der Waals surface area contributed by atoms with E-state index in [1.165, 1.54) is 17.3 Å². The standard InChI is InChI=1S/C33H37ClF2N8O3S/c1-31(2,3)18-33(24-8-5-20(6-9-24)23-14-39-43(15-23)28(35)36)27(45)44(29(37)40-33)26(16-47-30(46)41-32(4)11-12-32)21-7-10-25(34)22(13-21)17-48-19-38-42-48/h5-10,13-15,19,26,28H,11-12,16-18H2,1-4H3,(H2,37,40)(H,41,46)/t26-,33-,48?/m1/s1. The number of benzene rings is 2. The molecule has 0 spiro atoms. The number of amides is 2. The van der Waals surface area contributed by atoms with Gasteiger partial charge in [0, 0.05) is 28.1 Å². The van der Waals surface area contributed by atoms with Gasteiger partial charge in [-0.1, -0.05) is 68.8 Å². The number of aromatic nitrogens is 2.